The lowest BCUT2D eigenvalue weighted by atomic mass is 10.0. The molecular formula is C17H17NO2S. The van der Waals surface area contributed by atoms with Crippen LogP contribution in [0.15, 0.2) is 29.0 Å². The number of aliphatic hydroxyl groups is 1. The van der Waals surface area contributed by atoms with Crippen molar-refractivity contribution < 1.29 is 9.90 Å². The van der Waals surface area contributed by atoms with Crippen LogP contribution in [0, 0.1) is 25.7 Å². The molecule has 0 aliphatic carbocycles. The van der Waals surface area contributed by atoms with Gasteiger partial charge in [0.1, 0.15) is 6.61 Å². The third-order valence-corrected chi connectivity index (χ3v) is 4.03. The Hall–Kier alpha value is -2.09. The lowest BCUT2D eigenvalue weighted by molar-refractivity contribution is 0.0950. The average molecular weight is 299 g/mol. The van der Waals surface area contributed by atoms with E-state index in [-0.39, 0.29) is 12.5 Å². The molecule has 1 heterocycles. The zero-order valence-corrected chi connectivity index (χ0v) is 12.9. The van der Waals surface area contributed by atoms with Crippen LogP contribution in [0.5, 0.6) is 0 Å². The number of aliphatic hydroxyl groups excluding tert-OH is 1. The number of amides is 1. The molecule has 4 heteroatoms. The lowest BCUT2D eigenvalue weighted by Crippen LogP contribution is -2.23. The number of benzene rings is 1. The minimum Gasteiger partial charge on any atom is -0.384 e. The topological polar surface area (TPSA) is 49.3 Å². The van der Waals surface area contributed by atoms with E-state index in [0.29, 0.717) is 17.7 Å². The van der Waals surface area contributed by atoms with Gasteiger partial charge in [-0.25, -0.2) is 0 Å². The van der Waals surface area contributed by atoms with Crippen LogP contribution in [0.3, 0.4) is 0 Å². The maximum Gasteiger partial charge on any atom is 0.252 e. The molecule has 0 spiro atoms. The molecule has 0 bridgehead atoms. The summed E-state index contributed by atoms with van der Waals surface area (Å²) < 4.78 is 0. The van der Waals surface area contributed by atoms with Gasteiger partial charge in [-0.1, -0.05) is 17.9 Å². The van der Waals surface area contributed by atoms with Crippen molar-refractivity contribution in [3.8, 4) is 11.8 Å². The molecule has 0 aliphatic rings. The molecule has 2 aromatic rings. The summed E-state index contributed by atoms with van der Waals surface area (Å²) in [5.74, 6) is 5.27. The first-order chi connectivity index (χ1) is 10.1. The number of carbonyl (C=O) groups excluding carboxylic acids is 1. The van der Waals surface area contributed by atoms with Crippen molar-refractivity contribution in [3.05, 3.63) is 56.8 Å². The van der Waals surface area contributed by atoms with Gasteiger partial charge in [0.15, 0.2) is 0 Å². The molecular weight excluding hydrogens is 282 g/mol. The molecule has 0 atom stereocenters. The van der Waals surface area contributed by atoms with Crippen LogP contribution < -0.4 is 5.32 Å². The summed E-state index contributed by atoms with van der Waals surface area (Å²) in [4.78, 5) is 12.3. The van der Waals surface area contributed by atoms with E-state index in [1.165, 1.54) is 5.56 Å². The number of rotatable bonds is 3. The highest BCUT2D eigenvalue weighted by Crippen LogP contribution is 2.14. The Morgan fingerprint density at radius 3 is 2.81 bits per heavy atom. The van der Waals surface area contributed by atoms with Gasteiger partial charge in [-0.3, -0.25) is 4.79 Å². The molecule has 0 radical (unpaired) electrons. The highest BCUT2D eigenvalue weighted by molar-refractivity contribution is 7.08. The van der Waals surface area contributed by atoms with Crippen molar-refractivity contribution in [1.29, 1.82) is 0 Å². The Balaban J connectivity index is 2.17. The second-order valence-corrected chi connectivity index (χ2v) is 5.52. The van der Waals surface area contributed by atoms with Gasteiger partial charge < -0.3 is 10.4 Å². The van der Waals surface area contributed by atoms with Crippen LogP contribution in [0.1, 0.15) is 32.6 Å². The van der Waals surface area contributed by atoms with E-state index in [1.54, 1.807) is 17.4 Å². The molecule has 1 amide bonds. The molecule has 108 valence electrons. The molecule has 0 saturated carbocycles. The van der Waals surface area contributed by atoms with E-state index in [0.717, 1.165) is 11.1 Å². The largest absolute Gasteiger partial charge is 0.384 e. The minimum absolute atomic E-state index is 0.150. The maximum absolute atomic E-state index is 12.3. The fraction of sp³-hybridized carbons (Fsp3) is 0.235. The number of aryl methyl sites for hydroxylation is 2. The van der Waals surface area contributed by atoms with Crippen LogP contribution in [0.4, 0.5) is 0 Å². The van der Waals surface area contributed by atoms with Gasteiger partial charge in [-0.2, -0.15) is 11.3 Å². The molecule has 0 saturated heterocycles. The van der Waals surface area contributed by atoms with Crippen LogP contribution in [-0.4, -0.2) is 17.6 Å². The molecule has 21 heavy (non-hydrogen) atoms. The SMILES string of the molecule is Cc1ccc(C(=O)NCc2cscc2C)c(C#CCO)c1. The molecule has 0 aliphatic heterocycles. The van der Waals surface area contributed by atoms with Crippen LogP contribution in [-0.2, 0) is 6.54 Å². The van der Waals surface area contributed by atoms with Crippen molar-refractivity contribution in [2.24, 2.45) is 0 Å². The predicted octanol–water partition coefficient (Wildman–Crippen LogP) is 2.64. The van der Waals surface area contributed by atoms with E-state index >= 15 is 0 Å². The van der Waals surface area contributed by atoms with E-state index in [1.807, 2.05) is 31.4 Å². The summed E-state index contributed by atoms with van der Waals surface area (Å²) in [7, 11) is 0. The van der Waals surface area contributed by atoms with Gasteiger partial charge in [-0.05, 0) is 53.4 Å². The van der Waals surface area contributed by atoms with Crippen molar-refractivity contribution in [1.82, 2.24) is 5.32 Å². The van der Waals surface area contributed by atoms with Crippen molar-refractivity contribution >= 4 is 17.2 Å². The van der Waals surface area contributed by atoms with Gasteiger partial charge in [0.25, 0.3) is 5.91 Å². The first-order valence-electron chi connectivity index (χ1n) is 6.62. The zero-order valence-electron chi connectivity index (χ0n) is 12.1. The Kier molecular flexibility index (Phi) is 5.15. The quantitative estimate of drug-likeness (QED) is 0.856. The average Bonchev–Trinajstić information content (AvgIpc) is 2.88. The smallest absolute Gasteiger partial charge is 0.252 e. The summed E-state index contributed by atoms with van der Waals surface area (Å²) >= 11 is 1.63. The molecule has 0 fully saturated rings. The zero-order chi connectivity index (χ0) is 15.2. The maximum atomic E-state index is 12.3. The third kappa shape index (κ3) is 3.94. The minimum atomic E-state index is -0.219. The highest BCUT2D eigenvalue weighted by atomic mass is 32.1. The predicted molar refractivity (Wildman–Crippen MR) is 85.4 cm³/mol. The van der Waals surface area contributed by atoms with Crippen LogP contribution in [0.2, 0.25) is 0 Å². The lowest BCUT2D eigenvalue weighted by Gasteiger charge is -2.08. The molecule has 2 N–H and O–H groups in total. The number of hydrogen-bond donors (Lipinski definition) is 2. The molecule has 1 aromatic heterocycles. The second-order valence-electron chi connectivity index (χ2n) is 4.77. The fourth-order valence-electron chi connectivity index (χ4n) is 1.93. The Morgan fingerprint density at radius 2 is 2.14 bits per heavy atom. The number of thiophene rings is 1. The van der Waals surface area contributed by atoms with E-state index in [9.17, 15) is 4.79 Å². The van der Waals surface area contributed by atoms with E-state index < -0.39 is 0 Å². The van der Waals surface area contributed by atoms with Gasteiger partial charge >= 0.3 is 0 Å². The summed E-state index contributed by atoms with van der Waals surface area (Å²) in [5.41, 5.74) is 4.52. The van der Waals surface area contributed by atoms with Gasteiger partial charge in [-0.15, -0.1) is 0 Å². The Bertz CT molecular complexity index is 707. The summed E-state index contributed by atoms with van der Waals surface area (Å²) in [6.45, 7) is 4.26. The normalized spacial score (nSPS) is 9.86. The fourth-order valence-corrected chi connectivity index (χ4v) is 2.79. The van der Waals surface area contributed by atoms with Crippen molar-refractivity contribution in [2.45, 2.75) is 20.4 Å². The number of carbonyl (C=O) groups is 1. The monoisotopic (exact) mass is 299 g/mol. The highest BCUT2D eigenvalue weighted by Gasteiger charge is 2.11. The number of hydrogen-bond acceptors (Lipinski definition) is 3. The van der Waals surface area contributed by atoms with Crippen LogP contribution >= 0.6 is 11.3 Å². The Labute approximate surface area is 128 Å². The van der Waals surface area contributed by atoms with E-state index in [4.69, 9.17) is 5.11 Å². The number of nitrogens with one attached hydrogen (secondary N) is 1. The van der Waals surface area contributed by atoms with E-state index in [2.05, 4.69) is 22.5 Å². The first kappa shape index (κ1) is 15.3. The van der Waals surface area contributed by atoms with Gasteiger partial charge in [0.2, 0.25) is 0 Å². The summed E-state index contributed by atoms with van der Waals surface area (Å²) in [6.07, 6.45) is 0. The van der Waals surface area contributed by atoms with Gasteiger partial charge in [0.05, 0.1) is 5.56 Å². The molecule has 2 rings (SSSR count). The molecule has 0 unspecified atom stereocenters. The standard InChI is InChI=1S/C17H17NO2S/c1-12-5-6-16(14(8-12)4-3-7-19)17(20)18-9-15-11-21-10-13(15)2/h5-6,8,10-11,19H,7,9H2,1-2H3,(H,18,20). The van der Waals surface area contributed by atoms with Crippen LogP contribution in [0.25, 0.3) is 0 Å². The summed E-state index contributed by atoms with van der Waals surface area (Å²) in [6, 6.07) is 5.51. The van der Waals surface area contributed by atoms with Gasteiger partial charge in [0, 0.05) is 12.1 Å². The van der Waals surface area contributed by atoms with Crippen molar-refractivity contribution in [2.75, 3.05) is 6.61 Å². The molecule has 3 nitrogen and oxygen atoms in total. The molecule has 1 aromatic carbocycles. The second kappa shape index (κ2) is 7.07. The third-order valence-electron chi connectivity index (χ3n) is 3.12. The Morgan fingerprint density at radius 1 is 1.33 bits per heavy atom. The first-order valence-corrected chi connectivity index (χ1v) is 7.56. The summed E-state index contributed by atoms with van der Waals surface area (Å²) in [5, 5.41) is 15.8. The van der Waals surface area contributed by atoms with Crippen molar-refractivity contribution in [3.63, 3.8) is 0 Å².